The Morgan fingerprint density at radius 2 is 2.05 bits per heavy atom. The topological polar surface area (TPSA) is 29.5 Å². The summed E-state index contributed by atoms with van der Waals surface area (Å²) in [4.78, 5) is 0. The molecule has 2 unspecified atom stereocenters. The molecule has 2 aliphatic rings. The van der Waals surface area contributed by atoms with Crippen LogP contribution in [0.5, 0.6) is 0 Å². The number of aliphatic hydroxyl groups excluding tert-OH is 1. The fraction of sp³-hybridized carbons (Fsp3) is 0.647. The molecule has 0 amide bonds. The van der Waals surface area contributed by atoms with Gasteiger partial charge in [-0.05, 0) is 65.2 Å². The van der Waals surface area contributed by atoms with Crippen LogP contribution in [-0.4, -0.2) is 17.3 Å². The lowest BCUT2D eigenvalue weighted by Gasteiger charge is -2.44. The SMILES string of the molecule is OC(c1ccc(Br)c(Cl)c1)C1CCOC2(CCCCC2)C1. The number of halogens is 2. The Bertz CT molecular complexity index is 494. The molecule has 0 bridgehead atoms. The Labute approximate surface area is 140 Å². The molecule has 1 aromatic rings. The van der Waals surface area contributed by atoms with Crippen LogP contribution in [0.3, 0.4) is 0 Å². The van der Waals surface area contributed by atoms with Gasteiger partial charge in [0, 0.05) is 11.1 Å². The Morgan fingerprint density at radius 1 is 1.29 bits per heavy atom. The van der Waals surface area contributed by atoms with Crippen molar-refractivity contribution in [3.05, 3.63) is 33.3 Å². The van der Waals surface area contributed by atoms with Crippen molar-refractivity contribution in [2.75, 3.05) is 6.61 Å². The van der Waals surface area contributed by atoms with Crippen molar-refractivity contribution in [3.8, 4) is 0 Å². The highest BCUT2D eigenvalue weighted by Gasteiger charge is 2.40. The maximum atomic E-state index is 10.7. The van der Waals surface area contributed by atoms with Gasteiger partial charge in [-0.25, -0.2) is 0 Å². The summed E-state index contributed by atoms with van der Waals surface area (Å²) in [5.41, 5.74) is 0.947. The van der Waals surface area contributed by atoms with Gasteiger partial charge < -0.3 is 9.84 Å². The maximum Gasteiger partial charge on any atom is 0.0820 e. The zero-order chi connectivity index (χ0) is 14.9. The standard InChI is InChI=1S/C17H22BrClO2/c18-14-5-4-12(10-15(14)19)16(20)13-6-9-21-17(11-13)7-2-1-3-8-17/h4-5,10,13,16,20H,1-3,6-9,11H2. The third kappa shape index (κ3) is 3.47. The van der Waals surface area contributed by atoms with Crippen LogP contribution in [-0.2, 0) is 4.74 Å². The van der Waals surface area contributed by atoms with Crippen molar-refractivity contribution in [3.63, 3.8) is 0 Å². The van der Waals surface area contributed by atoms with E-state index in [1.165, 1.54) is 19.3 Å². The molecule has 1 aromatic carbocycles. The van der Waals surface area contributed by atoms with E-state index in [-0.39, 0.29) is 11.5 Å². The summed E-state index contributed by atoms with van der Waals surface area (Å²) in [6.07, 6.45) is 7.59. The lowest BCUT2D eigenvalue weighted by molar-refractivity contribution is -0.134. The number of rotatable bonds is 2. The van der Waals surface area contributed by atoms with E-state index >= 15 is 0 Å². The molecule has 1 saturated carbocycles. The smallest absolute Gasteiger partial charge is 0.0820 e. The zero-order valence-electron chi connectivity index (χ0n) is 12.2. The summed E-state index contributed by atoms with van der Waals surface area (Å²) in [7, 11) is 0. The van der Waals surface area contributed by atoms with Gasteiger partial charge in [-0.2, -0.15) is 0 Å². The first-order chi connectivity index (χ1) is 10.1. The predicted molar refractivity (Wildman–Crippen MR) is 88.6 cm³/mol. The van der Waals surface area contributed by atoms with Crippen molar-refractivity contribution >= 4 is 27.5 Å². The second kappa shape index (κ2) is 6.57. The van der Waals surface area contributed by atoms with Crippen molar-refractivity contribution in [2.45, 2.75) is 56.7 Å². The Kier molecular flexibility index (Phi) is 4.94. The number of hydrogen-bond donors (Lipinski definition) is 1. The molecule has 1 N–H and O–H groups in total. The van der Waals surface area contributed by atoms with Gasteiger partial charge in [0.15, 0.2) is 0 Å². The molecule has 2 atom stereocenters. The minimum absolute atomic E-state index is 0.0291. The van der Waals surface area contributed by atoms with E-state index in [1.807, 2.05) is 18.2 Å². The zero-order valence-corrected chi connectivity index (χ0v) is 14.5. The molecule has 1 spiro atoms. The molecule has 1 saturated heterocycles. The Morgan fingerprint density at radius 3 is 2.76 bits per heavy atom. The Balaban J connectivity index is 1.74. The van der Waals surface area contributed by atoms with Gasteiger partial charge in [0.2, 0.25) is 0 Å². The van der Waals surface area contributed by atoms with Gasteiger partial charge in [0.05, 0.1) is 16.7 Å². The molecular weight excluding hydrogens is 352 g/mol. The highest BCUT2D eigenvalue weighted by atomic mass is 79.9. The van der Waals surface area contributed by atoms with Crippen LogP contribution in [0.1, 0.15) is 56.6 Å². The van der Waals surface area contributed by atoms with Crippen LogP contribution in [0, 0.1) is 5.92 Å². The van der Waals surface area contributed by atoms with Gasteiger partial charge in [0.25, 0.3) is 0 Å². The third-order valence-electron chi connectivity index (χ3n) is 5.03. The Hall–Kier alpha value is -0.0900. The van der Waals surface area contributed by atoms with Crippen molar-refractivity contribution < 1.29 is 9.84 Å². The first-order valence-electron chi connectivity index (χ1n) is 7.87. The van der Waals surface area contributed by atoms with Crippen LogP contribution in [0.15, 0.2) is 22.7 Å². The molecule has 0 aromatic heterocycles. The molecule has 1 heterocycles. The molecule has 1 aliphatic heterocycles. The van der Waals surface area contributed by atoms with Crippen LogP contribution < -0.4 is 0 Å². The van der Waals surface area contributed by atoms with Gasteiger partial charge in [-0.3, -0.25) is 0 Å². The summed E-state index contributed by atoms with van der Waals surface area (Å²) >= 11 is 9.55. The summed E-state index contributed by atoms with van der Waals surface area (Å²) in [6, 6.07) is 5.75. The monoisotopic (exact) mass is 372 g/mol. The van der Waals surface area contributed by atoms with E-state index in [2.05, 4.69) is 15.9 Å². The third-order valence-corrected chi connectivity index (χ3v) is 6.26. The quantitative estimate of drug-likeness (QED) is 0.765. The van der Waals surface area contributed by atoms with Crippen LogP contribution in [0.4, 0.5) is 0 Å². The van der Waals surface area contributed by atoms with Crippen LogP contribution >= 0.6 is 27.5 Å². The van der Waals surface area contributed by atoms with E-state index in [4.69, 9.17) is 16.3 Å². The van der Waals surface area contributed by atoms with E-state index in [1.54, 1.807) is 0 Å². The van der Waals surface area contributed by atoms with Gasteiger partial charge in [-0.1, -0.05) is 36.9 Å². The first kappa shape index (κ1) is 15.8. The minimum Gasteiger partial charge on any atom is -0.388 e. The number of benzene rings is 1. The summed E-state index contributed by atoms with van der Waals surface area (Å²) in [5, 5.41) is 11.4. The predicted octanol–water partition coefficient (Wildman–Crippen LogP) is 5.27. The highest BCUT2D eigenvalue weighted by Crippen LogP contribution is 2.44. The van der Waals surface area contributed by atoms with E-state index < -0.39 is 6.10 Å². The first-order valence-corrected chi connectivity index (χ1v) is 9.04. The second-order valence-corrected chi connectivity index (χ2v) is 7.72. The molecular formula is C17H22BrClO2. The fourth-order valence-corrected chi connectivity index (χ4v) is 4.28. The minimum atomic E-state index is -0.446. The van der Waals surface area contributed by atoms with Crippen LogP contribution in [0.25, 0.3) is 0 Å². The highest BCUT2D eigenvalue weighted by molar-refractivity contribution is 9.10. The maximum absolute atomic E-state index is 10.7. The average Bonchev–Trinajstić information content (AvgIpc) is 2.50. The molecule has 0 radical (unpaired) electrons. The number of hydrogen-bond acceptors (Lipinski definition) is 2. The second-order valence-electron chi connectivity index (χ2n) is 6.46. The number of ether oxygens (including phenoxy) is 1. The lowest BCUT2D eigenvalue weighted by Crippen LogP contribution is -2.42. The number of aliphatic hydroxyl groups is 1. The summed E-state index contributed by atoms with van der Waals surface area (Å²) in [6.45, 7) is 0.770. The largest absolute Gasteiger partial charge is 0.388 e. The average molecular weight is 374 g/mol. The van der Waals surface area contributed by atoms with E-state index in [9.17, 15) is 5.11 Å². The molecule has 1 aliphatic carbocycles. The summed E-state index contributed by atoms with van der Waals surface area (Å²) in [5.74, 6) is 0.272. The van der Waals surface area contributed by atoms with Gasteiger partial charge in [0.1, 0.15) is 0 Å². The molecule has 4 heteroatoms. The molecule has 21 heavy (non-hydrogen) atoms. The lowest BCUT2D eigenvalue weighted by atomic mass is 9.74. The normalized spacial score (nSPS) is 26.7. The van der Waals surface area contributed by atoms with Crippen molar-refractivity contribution in [1.82, 2.24) is 0 Å². The molecule has 2 nitrogen and oxygen atoms in total. The van der Waals surface area contributed by atoms with Gasteiger partial charge >= 0.3 is 0 Å². The molecule has 3 rings (SSSR count). The van der Waals surface area contributed by atoms with Crippen molar-refractivity contribution in [1.29, 1.82) is 0 Å². The summed E-state index contributed by atoms with van der Waals surface area (Å²) < 4.78 is 6.99. The molecule has 2 fully saturated rings. The van der Waals surface area contributed by atoms with E-state index in [0.29, 0.717) is 5.02 Å². The van der Waals surface area contributed by atoms with Gasteiger partial charge in [-0.15, -0.1) is 0 Å². The fourth-order valence-electron chi connectivity index (χ4n) is 3.85. The van der Waals surface area contributed by atoms with E-state index in [0.717, 1.165) is 42.3 Å². The van der Waals surface area contributed by atoms with Crippen molar-refractivity contribution in [2.24, 2.45) is 5.92 Å². The molecule has 116 valence electrons. The van der Waals surface area contributed by atoms with Crippen LogP contribution in [0.2, 0.25) is 5.02 Å².